The molecule has 2 heterocycles. The Labute approximate surface area is 68.1 Å². The van der Waals surface area contributed by atoms with Crippen LogP contribution in [0.15, 0.2) is 24.4 Å². The molecule has 0 aromatic heterocycles. The highest BCUT2D eigenvalue weighted by molar-refractivity contribution is 5.79. The molecule has 0 radical (unpaired) electrons. The first-order valence-corrected chi connectivity index (χ1v) is 3.40. The van der Waals surface area contributed by atoms with Crippen LogP contribution >= 0.6 is 0 Å². The maximum atomic E-state index is 10.9. The molecule has 0 aromatic carbocycles. The number of amides is 1. The highest BCUT2D eigenvalue weighted by Crippen LogP contribution is 2.25. The molecule has 2 rings (SSSR count). The minimum absolute atomic E-state index is 0.112. The number of nitrogens with one attached hydrogen (secondary N) is 1. The monoisotopic (exact) mass is 170 g/mol. The molecule has 3 N–H and O–H groups in total. The van der Waals surface area contributed by atoms with E-state index in [4.69, 9.17) is 5.21 Å². The zero-order valence-electron chi connectivity index (χ0n) is 6.14. The van der Waals surface area contributed by atoms with Gasteiger partial charge in [-0.05, 0) is 0 Å². The molecule has 0 bridgehead atoms. The Hall–Kier alpha value is -1.37. The molecule has 1 unspecified atom stereocenters. The van der Waals surface area contributed by atoms with Gasteiger partial charge in [-0.15, -0.1) is 0 Å². The standard InChI is InChI=1S/C6H7N3O3/c10-5-4-9(12)2-1-8(11)6(9)3-7-5/h1-3,11-12H,4H2/p+1. The zero-order chi connectivity index (χ0) is 8.77. The number of carbonyl (C=O) groups is 1. The van der Waals surface area contributed by atoms with Crippen molar-refractivity contribution in [3.8, 4) is 0 Å². The number of fused-ring (bicyclic) bond motifs is 1. The number of hydrogen-bond acceptors (Lipinski definition) is 4. The van der Waals surface area contributed by atoms with E-state index in [-0.39, 0.29) is 18.3 Å². The number of rotatable bonds is 0. The van der Waals surface area contributed by atoms with Crippen LogP contribution in [0.3, 0.4) is 0 Å². The number of nitrogens with zero attached hydrogens (tertiary/aromatic N) is 2. The van der Waals surface area contributed by atoms with Gasteiger partial charge in [-0.3, -0.25) is 10.0 Å². The van der Waals surface area contributed by atoms with Crippen molar-refractivity contribution < 1.29 is 19.9 Å². The highest BCUT2D eigenvalue weighted by Gasteiger charge is 2.43. The summed E-state index contributed by atoms with van der Waals surface area (Å²) in [6.45, 7) is -0.112. The lowest BCUT2D eigenvalue weighted by Gasteiger charge is -2.26. The topological polar surface area (TPSA) is 72.8 Å². The molecule has 64 valence electrons. The summed E-state index contributed by atoms with van der Waals surface area (Å²) in [6, 6.07) is 0. The van der Waals surface area contributed by atoms with Crippen molar-refractivity contribution in [3.05, 3.63) is 24.4 Å². The lowest BCUT2D eigenvalue weighted by Crippen LogP contribution is -2.50. The highest BCUT2D eigenvalue weighted by atomic mass is 16.6. The minimum Gasteiger partial charge on any atom is -0.320 e. The van der Waals surface area contributed by atoms with Crippen LogP contribution in [0.4, 0.5) is 0 Å². The van der Waals surface area contributed by atoms with Crippen LogP contribution in [-0.2, 0) is 4.79 Å². The summed E-state index contributed by atoms with van der Waals surface area (Å²) in [5.74, 6) is -0.0733. The molecule has 0 aromatic rings. The van der Waals surface area contributed by atoms with Crippen LogP contribution in [0.1, 0.15) is 0 Å². The van der Waals surface area contributed by atoms with E-state index in [2.05, 4.69) is 5.32 Å². The molecule has 1 amide bonds. The van der Waals surface area contributed by atoms with Crippen LogP contribution in [0.5, 0.6) is 0 Å². The van der Waals surface area contributed by atoms with E-state index < -0.39 is 4.65 Å². The normalized spacial score (nSPS) is 33.0. The molecule has 6 heteroatoms. The molecule has 0 saturated carbocycles. The van der Waals surface area contributed by atoms with Crippen LogP contribution in [0, 0.1) is 0 Å². The first-order valence-electron chi connectivity index (χ1n) is 3.40. The maximum Gasteiger partial charge on any atom is 0.286 e. The fourth-order valence-corrected chi connectivity index (χ4v) is 1.22. The van der Waals surface area contributed by atoms with Crippen molar-refractivity contribution in [2.24, 2.45) is 0 Å². The second-order valence-corrected chi connectivity index (χ2v) is 2.70. The van der Waals surface area contributed by atoms with E-state index in [1.54, 1.807) is 0 Å². The molecule has 2 aliphatic heterocycles. The van der Waals surface area contributed by atoms with E-state index in [0.717, 1.165) is 5.06 Å². The molecular formula is C6H8N3O3+. The molecule has 0 spiro atoms. The fourth-order valence-electron chi connectivity index (χ4n) is 1.22. The summed E-state index contributed by atoms with van der Waals surface area (Å²) < 4.78 is -0.664. The van der Waals surface area contributed by atoms with Crippen molar-refractivity contribution >= 4 is 5.91 Å². The number of quaternary nitrogens is 1. The van der Waals surface area contributed by atoms with E-state index in [0.29, 0.717) is 0 Å². The van der Waals surface area contributed by atoms with Gasteiger partial charge in [-0.2, -0.15) is 5.06 Å². The average Bonchev–Trinajstić information content (AvgIpc) is 2.27. The van der Waals surface area contributed by atoms with Gasteiger partial charge in [0.25, 0.3) is 11.7 Å². The van der Waals surface area contributed by atoms with Crippen molar-refractivity contribution in [1.82, 2.24) is 10.4 Å². The second kappa shape index (κ2) is 2.07. The SMILES string of the molecule is O=C1C[N+]2(O)C=CN(O)C2=CN1. The van der Waals surface area contributed by atoms with Gasteiger partial charge in [-0.1, -0.05) is 4.65 Å². The molecule has 0 fully saturated rings. The summed E-state index contributed by atoms with van der Waals surface area (Å²) in [5, 5.41) is 22.0. The Kier molecular flexibility index (Phi) is 1.26. The van der Waals surface area contributed by atoms with Crippen LogP contribution < -0.4 is 5.32 Å². The fraction of sp³-hybridized carbons (Fsp3) is 0.167. The Morgan fingerprint density at radius 1 is 1.67 bits per heavy atom. The quantitative estimate of drug-likeness (QED) is 0.420. The van der Waals surface area contributed by atoms with Crippen molar-refractivity contribution in [2.75, 3.05) is 6.54 Å². The predicted octanol–water partition coefficient (Wildman–Crippen LogP) is -0.703. The summed E-state index contributed by atoms with van der Waals surface area (Å²) in [6.07, 6.45) is 3.88. The number of carbonyl (C=O) groups excluding carboxylic acids is 1. The van der Waals surface area contributed by atoms with E-state index in [9.17, 15) is 10.0 Å². The Morgan fingerprint density at radius 2 is 2.42 bits per heavy atom. The van der Waals surface area contributed by atoms with Crippen LogP contribution in [-0.4, -0.2) is 32.6 Å². The maximum absolute atomic E-state index is 10.9. The molecule has 1 atom stereocenters. The van der Waals surface area contributed by atoms with Gasteiger partial charge in [0.2, 0.25) is 0 Å². The Bertz CT molecular complexity index is 298. The van der Waals surface area contributed by atoms with Gasteiger partial charge < -0.3 is 5.32 Å². The van der Waals surface area contributed by atoms with Gasteiger partial charge in [0.05, 0.1) is 12.4 Å². The van der Waals surface area contributed by atoms with E-state index in [1.165, 1.54) is 18.6 Å². The third-order valence-corrected chi connectivity index (χ3v) is 1.83. The molecule has 6 nitrogen and oxygen atoms in total. The molecule has 0 saturated heterocycles. The van der Waals surface area contributed by atoms with Gasteiger partial charge in [0.15, 0.2) is 12.7 Å². The van der Waals surface area contributed by atoms with Gasteiger partial charge in [0.1, 0.15) is 0 Å². The first kappa shape index (κ1) is 7.29. The summed E-state index contributed by atoms with van der Waals surface area (Å²) in [5.41, 5.74) is 0. The van der Waals surface area contributed by atoms with E-state index >= 15 is 0 Å². The number of hydrogen-bond donors (Lipinski definition) is 3. The van der Waals surface area contributed by atoms with Gasteiger partial charge in [0, 0.05) is 0 Å². The van der Waals surface area contributed by atoms with Crippen LogP contribution in [0.2, 0.25) is 0 Å². The zero-order valence-corrected chi connectivity index (χ0v) is 6.14. The Balaban J connectivity index is 2.40. The lowest BCUT2D eigenvalue weighted by molar-refractivity contribution is -1.03. The first-order chi connectivity index (χ1) is 5.62. The largest absolute Gasteiger partial charge is 0.320 e. The van der Waals surface area contributed by atoms with Crippen molar-refractivity contribution in [3.63, 3.8) is 0 Å². The summed E-state index contributed by atoms with van der Waals surface area (Å²) in [4.78, 5) is 10.9. The van der Waals surface area contributed by atoms with Crippen molar-refractivity contribution in [2.45, 2.75) is 0 Å². The third kappa shape index (κ3) is 0.828. The van der Waals surface area contributed by atoms with Crippen LogP contribution in [0.25, 0.3) is 0 Å². The smallest absolute Gasteiger partial charge is 0.286 e. The lowest BCUT2D eigenvalue weighted by atomic mass is 10.4. The molecular weight excluding hydrogens is 162 g/mol. The minimum atomic E-state index is -0.664. The summed E-state index contributed by atoms with van der Waals surface area (Å²) >= 11 is 0. The second-order valence-electron chi connectivity index (χ2n) is 2.70. The molecule has 0 aliphatic carbocycles. The third-order valence-electron chi connectivity index (χ3n) is 1.83. The van der Waals surface area contributed by atoms with Gasteiger partial charge >= 0.3 is 0 Å². The number of hydroxylamine groups is 5. The predicted molar refractivity (Wildman–Crippen MR) is 35.9 cm³/mol. The van der Waals surface area contributed by atoms with Gasteiger partial charge in [-0.25, -0.2) is 5.21 Å². The molecule has 2 aliphatic rings. The van der Waals surface area contributed by atoms with Crippen molar-refractivity contribution in [1.29, 1.82) is 0 Å². The average molecular weight is 170 g/mol. The van der Waals surface area contributed by atoms with E-state index in [1.807, 2.05) is 0 Å². The summed E-state index contributed by atoms with van der Waals surface area (Å²) in [7, 11) is 0. The Morgan fingerprint density at radius 3 is 3.17 bits per heavy atom. The molecule has 12 heavy (non-hydrogen) atoms.